The van der Waals surface area contributed by atoms with Crippen molar-refractivity contribution >= 4 is 5.78 Å². The van der Waals surface area contributed by atoms with Gasteiger partial charge in [-0.1, -0.05) is 46.5 Å². The van der Waals surface area contributed by atoms with E-state index in [-0.39, 0.29) is 0 Å². The molecule has 1 nitrogen and oxygen atoms in total. The molecule has 0 aromatic carbocycles. The molecule has 17 heavy (non-hydrogen) atoms. The highest BCUT2D eigenvalue weighted by molar-refractivity contribution is 5.81. The Labute approximate surface area is 107 Å². The second-order valence-corrected chi connectivity index (χ2v) is 6.57. The van der Waals surface area contributed by atoms with Gasteiger partial charge in [0.2, 0.25) is 0 Å². The molecule has 0 N–H and O–H groups in total. The van der Waals surface area contributed by atoms with Gasteiger partial charge < -0.3 is 0 Å². The molecule has 0 radical (unpaired) electrons. The van der Waals surface area contributed by atoms with Crippen LogP contribution in [-0.2, 0) is 4.79 Å². The van der Waals surface area contributed by atoms with Gasteiger partial charge in [0.1, 0.15) is 5.78 Å². The first-order valence-corrected chi connectivity index (χ1v) is 7.58. The van der Waals surface area contributed by atoms with Crippen LogP contribution in [0.15, 0.2) is 0 Å². The Balaban J connectivity index is 2.12. The average molecular weight is 238 g/mol. The van der Waals surface area contributed by atoms with Crippen LogP contribution in [0.1, 0.15) is 85.0 Å². The Bertz CT molecular complexity index is 220. The molecule has 100 valence electrons. The summed E-state index contributed by atoms with van der Waals surface area (Å²) in [6.45, 7) is 6.89. The Hall–Kier alpha value is -0.330. The molecule has 0 aromatic heterocycles. The zero-order valence-electron chi connectivity index (χ0n) is 12.1. The summed E-state index contributed by atoms with van der Waals surface area (Å²) in [6.07, 6.45) is 11.9. The monoisotopic (exact) mass is 238 g/mol. The van der Waals surface area contributed by atoms with E-state index in [0.717, 1.165) is 25.7 Å². The summed E-state index contributed by atoms with van der Waals surface area (Å²) in [7, 11) is 0. The van der Waals surface area contributed by atoms with E-state index < -0.39 is 0 Å². The molecule has 1 rings (SSSR count). The largest absolute Gasteiger partial charge is 0.299 e. The maximum atomic E-state index is 12.0. The zero-order valence-corrected chi connectivity index (χ0v) is 12.1. The van der Waals surface area contributed by atoms with Crippen LogP contribution in [0.5, 0.6) is 0 Å². The molecule has 0 spiro atoms. The van der Waals surface area contributed by atoms with Crippen LogP contribution in [0.4, 0.5) is 0 Å². The molecule has 1 saturated carbocycles. The molecule has 0 heterocycles. The Morgan fingerprint density at radius 2 is 1.65 bits per heavy atom. The third-order valence-corrected chi connectivity index (χ3v) is 4.32. The second-order valence-electron chi connectivity index (χ2n) is 6.57. The molecular formula is C16H30O. The normalized spacial score (nSPS) is 20.4. The summed E-state index contributed by atoms with van der Waals surface area (Å²) in [5, 5.41) is 0. The smallest absolute Gasteiger partial charge is 0.135 e. The fraction of sp³-hybridized carbons (Fsp3) is 0.938. The van der Waals surface area contributed by atoms with Crippen LogP contribution in [0.2, 0.25) is 0 Å². The SMILES string of the molecule is CCCCCCCC(=O)C1CCC(C)(C)CC1. The molecule has 0 aliphatic heterocycles. The van der Waals surface area contributed by atoms with Crippen LogP contribution in [-0.4, -0.2) is 5.78 Å². The van der Waals surface area contributed by atoms with Crippen LogP contribution >= 0.6 is 0 Å². The third-order valence-electron chi connectivity index (χ3n) is 4.32. The quantitative estimate of drug-likeness (QED) is 0.562. The average Bonchev–Trinajstić information content (AvgIpc) is 2.28. The van der Waals surface area contributed by atoms with E-state index in [4.69, 9.17) is 0 Å². The van der Waals surface area contributed by atoms with E-state index in [1.165, 1.54) is 38.5 Å². The molecule has 0 unspecified atom stereocenters. The lowest BCUT2D eigenvalue weighted by Gasteiger charge is -2.33. The van der Waals surface area contributed by atoms with Crippen molar-refractivity contribution in [2.24, 2.45) is 11.3 Å². The van der Waals surface area contributed by atoms with Crippen LogP contribution in [0, 0.1) is 11.3 Å². The van der Waals surface area contributed by atoms with Gasteiger partial charge in [0.15, 0.2) is 0 Å². The fourth-order valence-electron chi connectivity index (χ4n) is 2.83. The molecular weight excluding hydrogens is 208 g/mol. The number of hydrogen-bond acceptors (Lipinski definition) is 1. The van der Waals surface area contributed by atoms with Gasteiger partial charge in [-0.15, -0.1) is 0 Å². The number of Topliss-reactive ketones (excluding diaryl/α,β-unsaturated/α-hetero) is 1. The van der Waals surface area contributed by atoms with Gasteiger partial charge in [-0.3, -0.25) is 4.79 Å². The zero-order chi connectivity index (χ0) is 12.7. The van der Waals surface area contributed by atoms with Gasteiger partial charge in [0.25, 0.3) is 0 Å². The van der Waals surface area contributed by atoms with Crippen LogP contribution in [0.25, 0.3) is 0 Å². The van der Waals surface area contributed by atoms with Gasteiger partial charge in [-0.05, 0) is 37.5 Å². The summed E-state index contributed by atoms with van der Waals surface area (Å²) in [4.78, 5) is 12.0. The maximum absolute atomic E-state index is 12.0. The highest BCUT2D eigenvalue weighted by atomic mass is 16.1. The van der Waals surface area contributed by atoms with Crippen molar-refractivity contribution in [3.63, 3.8) is 0 Å². The molecule has 1 fully saturated rings. The fourth-order valence-corrected chi connectivity index (χ4v) is 2.83. The van der Waals surface area contributed by atoms with Gasteiger partial charge in [-0.25, -0.2) is 0 Å². The van der Waals surface area contributed by atoms with E-state index >= 15 is 0 Å². The summed E-state index contributed by atoms with van der Waals surface area (Å²) in [6, 6.07) is 0. The first-order chi connectivity index (χ1) is 8.05. The number of carbonyl (C=O) groups excluding carboxylic acids is 1. The topological polar surface area (TPSA) is 17.1 Å². The molecule has 0 aromatic rings. The highest BCUT2D eigenvalue weighted by Gasteiger charge is 2.29. The summed E-state index contributed by atoms with van der Waals surface area (Å²) in [5.41, 5.74) is 0.484. The minimum Gasteiger partial charge on any atom is -0.299 e. The first-order valence-electron chi connectivity index (χ1n) is 7.58. The van der Waals surface area contributed by atoms with Gasteiger partial charge >= 0.3 is 0 Å². The van der Waals surface area contributed by atoms with Gasteiger partial charge in [0.05, 0.1) is 0 Å². The van der Waals surface area contributed by atoms with Crippen LogP contribution in [0.3, 0.4) is 0 Å². The minimum atomic E-state index is 0.397. The molecule has 0 atom stereocenters. The lowest BCUT2D eigenvalue weighted by atomic mass is 9.71. The lowest BCUT2D eigenvalue weighted by Crippen LogP contribution is -2.26. The summed E-state index contributed by atoms with van der Waals surface area (Å²) >= 11 is 0. The summed E-state index contributed by atoms with van der Waals surface area (Å²) in [5.74, 6) is 0.950. The standard InChI is InChI=1S/C16H30O/c1-4-5-6-7-8-9-15(17)14-10-12-16(2,3)13-11-14/h14H,4-13H2,1-3H3. The van der Waals surface area contributed by atoms with E-state index in [9.17, 15) is 4.79 Å². The Morgan fingerprint density at radius 1 is 1.06 bits per heavy atom. The lowest BCUT2D eigenvalue weighted by molar-refractivity contribution is -0.124. The predicted octanol–water partition coefficient (Wildman–Crippen LogP) is 5.13. The predicted molar refractivity (Wildman–Crippen MR) is 74.1 cm³/mol. The molecule has 0 amide bonds. The van der Waals surface area contributed by atoms with E-state index in [1.54, 1.807) is 0 Å². The third kappa shape index (κ3) is 5.70. The molecule has 1 aliphatic rings. The van der Waals surface area contributed by atoms with Crippen molar-refractivity contribution in [1.82, 2.24) is 0 Å². The maximum Gasteiger partial charge on any atom is 0.135 e. The van der Waals surface area contributed by atoms with Crippen molar-refractivity contribution in [2.45, 2.75) is 85.0 Å². The summed E-state index contributed by atoms with van der Waals surface area (Å²) < 4.78 is 0. The molecule has 1 heteroatoms. The van der Waals surface area contributed by atoms with E-state index in [2.05, 4.69) is 20.8 Å². The van der Waals surface area contributed by atoms with Gasteiger partial charge in [0, 0.05) is 12.3 Å². The number of rotatable bonds is 7. The van der Waals surface area contributed by atoms with Crippen molar-refractivity contribution in [2.75, 3.05) is 0 Å². The molecule has 0 saturated heterocycles. The molecule has 0 bridgehead atoms. The number of carbonyl (C=O) groups is 1. The number of hydrogen-bond donors (Lipinski definition) is 0. The van der Waals surface area contributed by atoms with Crippen molar-refractivity contribution < 1.29 is 4.79 Å². The Morgan fingerprint density at radius 3 is 2.24 bits per heavy atom. The first kappa shape index (κ1) is 14.7. The van der Waals surface area contributed by atoms with E-state index in [1.807, 2.05) is 0 Å². The van der Waals surface area contributed by atoms with Crippen molar-refractivity contribution in [3.05, 3.63) is 0 Å². The number of ketones is 1. The second kappa shape index (κ2) is 7.18. The minimum absolute atomic E-state index is 0.397. The molecule has 1 aliphatic carbocycles. The van der Waals surface area contributed by atoms with Crippen molar-refractivity contribution in [1.29, 1.82) is 0 Å². The van der Waals surface area contributed by atoms with E-state index in [0.29, 0.717) is 17.1 Å². The van der Waals surface area contributed by atoms with Gasteiger partial charge in [-0.2, -0.15) is 0 Å². The highest BCUT2D eigenvalue weighted by Crippen LogP contribution is 2.38. The Kier molecular flexibility index (Phi) is 6.22. The number of unbranched alkanes of at least 4 members (excludes halogenated alkanes) is 4. The van der Waals surface area contributed by atoms with Crippen LogP contribution < -0.4 is 0 Å². The van der Waals surface area contributed by atoms with Crippen molar-refractivity contribution in [3.8, 4) is 0 Å².